The molecule has 5 heteroatoms. The van der Waals surface area contributed by atoms with E-state index in [2.05, 4.69) is 27.9 Å². The Morgan fingerprint density at radius 2 is 2.26 bits per heavy atom. The Bertz CT molecular complexity index is 453. The van der Waals surface area contributed by atoms with E-state index in [0.717, 1.165) is 24.2 Å². The highest BCUT2D eigenvalue weighted by Crippen LogP contribution is 2.18. The van der Waals surface area contributed by atoms with Crippen LogP contribution in [0.15, 0.2) is 28.7 Å². The van der Waals surface area contributed by atoms with E-state index in [9.17, 15) is 4.79 Å². The highest BCUT2D eigenvalue weighted by atomic mass is 79.9. The average molecular weight is 327 g/mol. The van der Waals surface area contributed by atoms with Crippen LogP contribution in [-0.4, -0.2) is 62.1 Å². The summed E-state index contributed by atoms with van der Waals surface area (Å²) in [5, 5.41) is 0. The fourth-order valence-corrected chi connectivity index (χ4v) is 2.66. The molecule has 1 aromatic rings. The van der Waals surface area contributed by atoms with Crippen molar-refractivity contribution in [2.45, 2.75) is 6.10 Å². The number of nitrogens with zero attached hydrogens (tertiary/aromatic N) is 2. The van der Waals surface area contributed by atoms with Gasteiger partial charge < -0.3 is 14.5 Å². The molecular formula is C14H19BrN2O2. The van der Waals surface area contributed by atoms with Crippen molar-refractivity contribution in [1.29, 1.82) is 0 Å². The normalized spacial score (nSPS) is 20.3. The molecule has 0 spiro atoms. The Kier molecular flexibility index (Phi) is 4.96. The van der Waals surface area contributed by atoms with Gasteiger partial charge in [-0.2, -0.15) is 0 Å². The Hall–Kier alpha value is -0.910. The van der Waals surface area contributed by atoms with Gasteiger partial charge >= 0.3 is 0 Å². The minimum Gasteiger partial charge on any atom is -0.374 e. The van der Waals surface area contributed by atoms with Gasteiger partial charge in [-0.25, -0.2) is 0 Å². The van der Waals surface area contributed by atoms with Gasteiger partial charge in [0, 0.05) is 31.2 Å². The summed E-state index contributed by atoms with van der Waals surface area (Å²) >= 11 is 3.41. The van der Waals surface area contributed by atoms with Gasteiger partial charge in [0.2, 0.25) is 0 Å². The maximum absolute atomic E-state index is 12.3. The van der Waals surface area contributed by atoms with E-state index in [1.54, 1.807) is 4.90 Å². The van der Waals surface area contributed by atoms with Crippen molar-refractivity contribution in [2.75, 3.05) is 40.3 Å². The lowest BCUT2D eigenvalue weighted by molar-refractivity contribution is -0.0301. The van der Waals surface area contributed by atoms with Gasteiger partial charge in [-0.15, -0.1) is 0 Å². The fraction of sp³-hybridized carbons (Fsp3) is 0.500. The molecule has 0 aliphatic carbocycles. The number of hydrogen-bond acceptors (Lipinski definition) is 3. The summed E-state index contributed by atoms with van der Waals surface area (Å²) in [7, 11) is 3.89. The molecule has 1 amide bonds. The molecule has 1 aromatic carbocycles. The first-order valence-corrected chi connectivity index (χ1v) is 7.17. The summed E-state index contributed by atoms with van der Waals surface area (Å²) in [5.41, 5.74) is 0.689. The second-order valence-electron chi connectivity index (χ2n) is 4.92. The minimum absolute atomic E-state index is 0.0179. The number of carbonyl (C=O) groups is 1. The number of amides is 1. The number of likely N-dealkylation sites (N-methyl/N-ethyl adjacent to an activating group) is 2. The highest BCUT2D eigenvalue weighted by molar-refractivity contribution is 9.10. The van der Waals surface area contributed by atoms with Crippen LogP contribution in [0, 0.1) is 0 Å². The van der Waals surface area contributed by atoms with E-state index in [1.165, 1.54) is 0 Å². The van der Waals surface area contributed by atoms with Crippen LogP contribution in [0.3, 0.4) is 0 Å². The first-order valence-electron chi connectivity index (χ1n) is 6.38. The molecule has 0 radical (unpaired) electrons. The third-order valence-corrected chi connectivity index (χ3v) is 3.96. The predicted molar refractivity (Wildman–Crippen MR) is 78.3 cm³/mol. The molecule has 1 heterocycles. The molecule has 2 rings (SSSR count). The first-order chi connectivity index (χ1) is 9.08. The van der Waals surface area contributed by atoms with Gasteiger partial charge in [-0.05, 0) is 35.1 Å². The number of benzene rings is 1. The number of ether oxygens (including phenoxy) is 1. The lowest BCUT2D eigenvalue weighted by Crippen LogP contribution is -2.46. The molecule has 1 aliphatic heterocycles. The number of carbonyl (C=O) groups excluding carboxylic acids is 1. The Balaban J connectivity index is 1.98. The molecule has 1 unspecified atom stereocenters. The van der Waals surface area contributed by atoms with Crippen molar-refractivity contribution in [3.05, 3.63) is 34.3 Å². The van der Waals surface area contributed by atoms with Crippen LogP contribution in [0.2, 0.25) is 0 Å². The van der Waals surface area contributed by atoms with E-state index in [-0.39, 0.29) is 12.0 Å². The predicted octanol–water partition coefficient (Wildman–Crippen LogP) is 1.85. The van der Waals surface area contributed by atoms with E-state index in [4.69, 9.17) is 4.74 Å². The monoisotopic (exact) mass is 326 g/mol. The van der Waals surface area contributed by atoms with Crippen LogP contribution in [0.5, 0.6) is 0 Å². The lowest BCUT2D eigenvalue weighted by atomic mass is 10.2. The Morgan fingerprint density at radius 3 is 2.95 bits per heavy atom. The summed E-state index contributed by atoms with van der Waals surface area (Å²) in [6.07, 6.45) is 0.0928. The van der Waals surface area contributed by atoms with Gasteiger partial charge in [-0.1, -0.05) is 12.1 Å². The molecule has 19 heavy (non-hydrogen) atoms. The van der Waals surface area contributed by atoms with Crippen molar-refractivity contribution < 1.29 is 9.53 Å². The fourth-order valence-electron chi connectivity index (χ4n) is 2.21. The standard InChI is InChI=1S/C14H19BrN2O2/c1-16-7-8-19-11(9-16)10-17(2)14(18)12-5-3-4-6-13(12)15/h3-6,11H,7-10H2,1-2H3. The molecule has 1 atom stereocenters. The molecule has 0 N–H and O–H groups in total. The van der Waals surface area contributed by atoms with E-state index >= 15 is 0 Å². The molecule has 104 valence electrons. The number of morpholine rings is 1. The summed E-state index contributed by atoms with van der Waals surface area (Å²) in [6, 6.07) is 7.49. The molecule has 0 aromatic heterocycles. The summed E-state index contributed by atoms with van der Waals surface area (Å²) < 4.78 is 6.52. The van der Waals surface area contributed by atoms with Crippen LogP contribution < -0.4 is 0 Å². The van der Waals surface area contributed by atoms with Crippen LogP contribution in [-0.2, 0) is 4.74 Å². The van der Waals surface area contributed by atoms with Crippen molar-refractivity contribution in [3.63, 3.8) is 0 Å². The molecule has 4 nitrogen and oxygen atoms in total. The molecule has 1 saturated heterocycles. The lowest BCUT2D eigenvalue weighted by Gasteiger charge is -2.32. The van der Waals surface area contributed by atoms with Gasteiger partial charge in [0.15, 0.2) is 0 Å². The maximum atomic E-state index is 12.3. The van der Waals surface area contributed by atoms with Gasteiger partial charge in [0.25, 0.3) is 5.91 Å². The first kappa shape index (κ1) is 14.5. The van der Waals surface area contributed by atoms with Crippen molar-refractivity contribution in [2.24, 2.45) is 0 Å². The number of rotatable bonds is 3. The molecule has 0 bridgehead atoms. The van der Waals surface area contributed by atoms with Crippen molar-refractivity contribution in [3.8, 4) is 0 Å². The molecule has 1 aliphatic rings. The van der Waals surface area contributed by atoms with Crippen LogP contribution in [0.1, 0.15) is 10.4 Å². The second kappa shape index (κ2) is 6.50. The Labute approximate surface area is 122 Å². The molecular weight excluding hydrogens is 308 g/mol. The van der Waals surface area contributed by atoms with Crippen molar-refractivity contribution in [1.82, 2.24) is 9.80 Å². The second-order valence-corrected chi connectivity index (χ2v) is 5.77. The van der Waals surface area contributed by atoms with Crippen molar-refractivity contribution >= 4 is 21.8 Å². The topological polar surface area (TPSA) is 32.8 Å². The zero-order chi connectivity index (χ0) is 13.8. The van der Waals surface area contributed by atoms with Crippen LogP contribution >= 0.6 is 15.9 Å². The number of hydrogen-bond donors (Lipinski definition) is 0. The maximum Gasteiger partial charge on any atom is 0.254 e. The zero-order valence-electron chi connectivity index (χ0n) is 11.3. The van der Waals surface area contributed by atoms with E-state index in [1.807, 2.05) is 31.3 Å². The zero-order valence-corrected chi connectivity index (χ0v) is 12.9. The van der Waals surface area contributed by atoms with E-state index in [0.29, 0.717) is 12.1 Å². The summed E-state index contributed by atoms with van der Waals surface area (Å²) in [5.74, 6) is 0.0179. The highest BCUT2D eigenvalue weighted by Gasteiger charge is 2.22. The van der Waals surface area contributed by atoms with Gasteiger partial charge in [-0.3, -0.25) is 4.79 Å². The quantitative estimate of drug-likeness (QED) is 0.849. The molecule has 1 fully saturated rings. The SMILES string of the molecule is CN1CCOC(CN(C)C(=O)c2ccccc2Br)C1. The van der Waals surface area contributed by atoms with Gasteiger partial charge in [0.1, 0.15) is 0 Å². The summed E-state index contributed by atoms with van der Waals surface area (Å²) in [4.78, 5) is 16.3. The largest absolute Gasteiger partial charge is 0.374 e. The van der Waals surface area contributed by atoms with E-state index < -0.39 is 0 Å². The van der Waals surface area contributed by atoms with Crippen LogP contribution in [0.25, 0.3) is 0 Å². The minimum atomic E-state index is 0.0179. The summed E-state index contributed by atoms with van der Waals surface area (Å²) in [6.45, 7) is 3.18. The molecule has 0 saturated carbocycles. The van der Waals surface area contributed by atoms with Crippen LogP contribution in [0.4, 0.5) is 0 Å². The third-order valence-electron chi connectivity index (χ3n) is 3.27. The number of halogens is 1. The smallest absolute Gasteiger partial charge is 0.254 e. The Morgan fingerprint density at radius 1 is 1.53 bits per heavy atom. The third kappa shape index (κ3) is 3.78. The average Bonchev–Trinajstić information content (AvgIpc) is 2.38. The van der Waals surface area contributed by atoms with Gasteiger partial charge in [0.05, 0.1) is 18.3 Å².